The third kappa shape index (κ3) is 3.25. The Balaban J connectivity index is 1.48. The number of piperidine rings is 1. The lowest BCUT2D eigenvalue weighted by molar-refractivity contribution is 0.0479. The fourth-order valence-electron chi connectivity index (χ4n) is 3.10. The SMILES string of the molecule is CNCC1CCN(CC2COc3ccccc3O2)CC1. The van der Waals surface area contributed by atoms with Gasteiger partial charge in [0.05, 0.1) is 0 Å². The number of rotatable bonds is 4. The molecule has 1 unspecified atom stereocenters. The van der Waals surface area contributed by atoms with E-state index < -0.39 is 0 Å². The first-order valence-corrected chi connectivity index (χ1v) is 7.60. The second kappa shape index (κ2) is 6.46. The van der Waals surface area contributed by atoms with Crippen molar-refractivity contribution in [1.82, 2.24) is 10.2 Å². The van der Waals surface area contributed by atoms with Gasteiger partial charge >= 0.3 is 0 Å². The van der Waals surface area contributed by atoms with Crippen LogP contribution < -0.4 is 14.8 Å². The van der Waals surface area contributed by atoms with Crippen LogP contribution in [-0.4, -0.2) is 50.8 Å². The van der Waals surface area contributed by atoms with Crippen molar-refractivity contribution in [2.75, 3.05) is 39.8 Å². The molecule has 0 spiro atoms. The molecule has 110 valence electrons. The van der Waals surface area contributed by atoms with Crippen LogP contribution in [0.5, 0.6) is 11.5 Å². The van der Waals surface area contributed by atoms with Gasteiger partial charge in [-0.3, -0.25) is 4.90 Å². The lowest BCUT2D eigenvalue weighted by Crippen LogP contribution is -2.45. The van der Waals surface area contributed by atoms with Crippen LogP contribution in [0.25, 0.3) is 0 Å². The standard InChI is InChI=1S/C16H24N2O2/c1-17-10-13-6-8-18(9-7-13)11-14-12-19-15-4-2-3-5-16(15)20-14/h2-5,13-14,17H,6-12H2,1H3. The van der Waals surface area contributed by atoms with Gasteiger partial charge in [0.15, 0.2) is 11.5 Å². The number of benzene rings is 1. The molecule has 4 nitrogen and oxygen atoms in total. The van der Waals surface area contributed by atoms with Crippen LogP contribution in [0.1, 0.15) is 12.8 Å². The predicted octanol–water partition coefficient (Wildman–Crippen LogP) is 1.76. The summed E-state index contributed by atoms with van der Waals surface area (Å²) in [5, 5.41) is 3.28. The maximum atomic E-state index is 6.03. The Hall–Kier alpha value is -1.26. The van der Waals surface area contributed by atoms with E-state index in [9.17, 15) is 0 Å². The molecule has 0 aromatic heterocycles. The van der Waals surface area contributed by atoms with Gasteiger partial charge in [-0.15, -0.1) is 0 Å². The fraction of sp³-hybridized carbons (Fsp3) is 0.625. The Morgan fingerprint density at radius 2 is 1.95 bits per heavy atom. The van der Waals surface area contributed by atoms with Gasteiger partial charge in [0, 0.05) is 6.54 Å². The molecule has 1 aromatic rings. The Morgan fingerprint density at radius 3 is 2.70 bits per heavy atom. The topological polar surface area (TPSA) is 33.7 Å². The van der Waals surface area contributed by atoms with Crippen LogP contribution >= 0.6 is 0 Å². The maximum Gasteiger partial charge on any atom is 0.161 e. The zero-order chi connectivity index (χ0) is 13.8. The van der Waals surface area contributed by atoms with E-state index in [1.807, 2.05) is 31.3 Å². The van der Waals surface area contributed by atoms with E-state index in [0.717, 1.165) is 30.5 Å². The number of likely N-dealkylation sites (tertiary alicyclic amines) is 1. The minimum atomic E-state index is 0.158. The molecule has 1 saturated heterocycles. The first-order valence-electron chi connectivity index (χ1n) is 7.60. The molecule has 4 heteroatoms. The third-order valence-corrected chi connectivity index (χ3v) is 4.23. The molecule has 0 amide bonds. The summed E-state index contributed by atoms with van der Waals surface area (Å²) >= 11 is 0. The van der Waals surface area contributed by atoms with Crippen molar-refractivity contribution in [1.29, 1.82) is 0 Å². The first kappa shape index (κ1) is 13.7. The Kier molecular flexibility index (Phi) is 4.43. The van der Waals surface area contributed by atoms with Crippen molar-refractivity contribution in [3.63, 3.8) is 0 Å². The molecule has 2 heterocycles. The number of nitrogens with zero attached hydrogens (tertiary/aromatic N) is 1. The van der Waals surface area contributed by atoms with Gasteiger partial charge < -0.3 is 14.8 Å². The number of hydrogen-bond acceptors (Lipinski definition) is 4. The number of hydrogen-bond donors (Lipinski definition) is 1. The van der Waals surface area contributed by atoms with Crippen molar-refractivity contribution >= 4 is 0 Å². The van der Waals surface area contributed by atoms with E-state index in [2.05, 4.69) is 10.2 Å². The molecule has 2 aliphatic rings. The highest BCUT2D eigenvalue weighted by atomic mass is 16.6. The molecule has 0 bridgehead atoms. The van der Waals surface area contributed by atoms with Crippen molar-refractivity contribution in [2.45, 2.75) is 18.9 Å². The lowest BCUT2D eigenvalue weighted by Gasteiger charge is -2.35. The molecule has 1 atom stereocenters. The van der Waals surface area contributed by atoms with E-state index in [0.29, 0.717) is 6.61 Å². The molecule has 0 saturated carbocycles. The monoisotopic (exact) mass is 276 g/mol. The third-order valence-electron chi connectivity index (χ3n) is 4.23. The van der Waals surface area contributed by atoms with Crippen molar-refractivity contribution in [2.24, 2.45) is 5.92 Å². The molecular formula is C16H24N2O2. The second-order valence-corrected chi connectivity index (χ2v) is 5.80. The normalized spacial score (nSPS) is 23.8. The van der Waals surface area contributed by atoms with Crippen LogP contribution in [0, 0.1) is 5.92 Å². The second-order valence-electron chi connectivity index (χ2n) is 5.80. The van der Waals surface area contributed by atoms with Crippen molar-refractivity contribution in [3.05, 3.63) is 24.3 Å². The van der Waals surface area contributed by atoms with E-state index in [1.165, 1.54) is 25.9 Å². The highest BCUT2D eigenvalue weighted by Gasteiger charge is 2.25. The van der Waals surface area contributed by atoms with Crippen LogP contribution in [0.3, 0.4) is 0 Å². The van der Waals surface area contributed by atoms with Gasteiger partial charge in [-0.25, -0.2) is 0 Å². The lowest BCUT2D eigenvalue weighted by atomic mass is 9.96. The number of ether oxygens (including phenoxy) is 2. The predicted molar refractivity (Wildman–Crippen MR) is 79.4 cm³/mol. The molecule has 1 fully saturated rings. The van der Waals surface area contributed by atoms with Crippen molar-refractivity contribution in [3.8, 4) is 11.5 Å². The van der Waals surface area contributed by atoms with Crippen LogP contribution in [0.15, 0.2) is 24.3 Å². The highest BCUT2D eigenvalue weighted by molar-refractivity contribution is 5.40. The van der Waals surface area contributed by atoms with Gasteiger partial charge in [-0.2, -0.15) is 0 Å². The van der Waals surface area contributed by atoms with Gasteiger partial charge in [0.25, 0.3) is 0 Å². The summed E-state index contributed by atoms with van der Waals surface area (Å²) in [5.41, 5.74) is 0. The van der Waals surface area contributed by atoms with E-state index in [4.69, 9.17) is 9.47 Å². The van der Waals surface area contributed by atoms with Gasteiger partial charge in [-0.1, -0.05) is 12.1 Å². The zero-order valence-corrected chi connectivity index (χ0v) is 12.2. The summed E-state index contributed by atoms with van der Waals surface area (Å²) in [7, 11) is 2.04. The quantitative estimate of drug-likeness (QED) is 0.908. The summed E-state index contributed by atoms with van der Waals surface area (Å²) < 4.78 is 11.8. The molecule has 1 aromatic carbocycles. The van der Waals surface area contributed by atoms with Crippen molar-refractivity contribution < 1.29 is 9.47 Å². The minimum Gasteiger partial charge on any atom is -0.486 e. The number of para-hydroxylation sites is 2. The van der Waals surface area contributed by atoms with E-state index in [1.54, 1.807) is 0 Å². The molecule has 1 N–H and O–H groups in total. The van der Waals surface area contributed by atoms with Crippen LogP contribution in [0.4, 0.5) is 0 Å². The molecule has 2 aliphatic heterocycles. The summed E-state index contributed by atoms with van der Waals surface area (Å²) in [5.74, 6) is 2.59. The highest BCUT2D eigenvalue weighted by Crippen LogP contribution is 2.31. The molecular weight excluding hydrogens is 252 g/mol. The van der Waals surface area contributed by atoms with Crippen LogP contribution in [0.2, 0.25) is 0 Å². The Morgan fingerprint density at radius 1 is 1.20 bits per heavy atom. The largest absolute Gasteiger partial charge is 0.486 e. The maximum absolute atomic E-state index is 6.03. The Bertz CT molecular complexity index is 430. The van der Waals surface area contributed by atoms with Gasteiger partial charge in [0.1, 0.15) is 12.7 Å². The number of fused-ring (bicyclic) bond motifs is 1. The average molecular weight is 276 g/mol. The number of nitrogens with one attached hydrogen (secondary N) is 1. The minimum absolute atomic E-state index is 0.158. The van der Waals surface area contributed by atoms with E-state index >= 15 is 0 Å². The smallest absolute Gasteiger partial charge is 0.161 e. The fourth-order valence-corrected chi connectivity index (χ4v) is 3.10. The molecule has 0 radical (unpaired) electrons. The zero-order valence-electron chi connectivity index (χ0n) is 12.2. The van der Waals surface area contributed by atoms with Gasteiger partial charge in [0.2, 0.25) is 0 Å². The molecule has 20 heavy (non-hydrogen) atoms. The van der Waals surface area contributed by atoms with Gasteiger partial charge in [-0.05, 0) is 57.6 Å². The van der Waals surface area contributed by atoms with E-state index in [-0.39, 0.29) is 6.10 Å². The average Bonchev–Trinajstić information content (AvgIpc) is 2.49. The summed E-state index contributed by atoms with van der Waals surface area (Å²) in [6.07, 6.45) is 2.72. The summed E-state index contributed by atoms with van der Waals surface area (Å²) in [6.45, 7) is 5.13. The molecule has 0 aliphatic carbocycles. The van der Waals surface area contributed by atoms with Crippen LogP contribution in [-0.2, 0) is 0 Å². The summed E-state index contributed by atoms with van der Waals surface area (Å²) in [4.78, 5) is 2.51. The molecule has 3 rings (SSSR count). The summed E-state index contributed by atoms with van der Waals surface area (Å²) in [6, 6.07) is 7.93. The first-order chi connectivity index (χ1) is 9.85. The Labute approximate surface area is 121 Å².